The fourth-order valence-electron chi connectivity index (χ4n) is 8.20. The topological polar surface area (TPSA) is 129 Å². The molecule has 3 N–H and O–H groups in total. The average Bonchev–Trinajstić information content (AvgIpc) is 3.47. The van der Waals surface area contributed by atoms with E-state index in [0.29, 0.717) is 44.6 Å². The first-order valence-corrected chi connectivity index (χ1v) is 16.1. The number of fused-ring (bicyclic) bond motifs is 4. The Kier molecular flexibility index (Phi) is 7.86. The smallest absolute Gasteiger partial charge is 0.417 e. The van der Waals surface area contributed by atoms with Crippen LogP contribution in [0, 0.1) is 23.7 Å². The number of hydrogen-bond donors (Lipinski definition) is 3. The number of phenols is 1. The third-order valence-corrected chi connectivity index (χ3v) is 10.8. The van der Waals surface area contributed by atoms with Crippen molar-refractivity contribution in [3.05, 3.63) is 111 Å². The largest absolute Gasteiger partial charge is 0.507 e. The Morgan fingerprint density at radius 3 is 2.49 bits per heavy atom. The molecule has 3 heterocycles. The number of hydrogen-bond acceptors (Lipinski definition) is 7. The molecule has 3 aromatic rings. The molecule has 9 nitrogen and oxygen atoms in total. The van der Waals surface area contributed by atoms with Gasteiger partial charge in [-0.1, -0.05) is 71.3 Å². The first kappa shape index (κ1) is 32.8. The summed E-state index contributed by atoms with van der Waals surface area (Å²) in [7, 11) is 0. The summed E-state index contributed by atoms with van der Waals surface area (Å²) in [6, 6.07) is 12.1. The molecule has 7 rings (SSSR count). The summed E-state index contributed by atoms with van der Waals surface area (Å²) in [6.07, 6.45) is -0.340. The van der Waals surface area contributed by atoms with Gasteiger partial charge in [0.25, 0.3) is 11.8 Å². The number of pyridine rings is 1. The maximum Gasteiger partial charge on any atom is 0.417 e. The van der Waals surface area contributed by atoms with Gasteiger partial charge in [0.05, 0.1) is 33.8 Å². The zero-order chi connectivity index (χ0) is 35.0. The number of anilines is 1. The summed E-state index contributed by atoms with van der Waals surface area (Å²) in [5, 5.41) is 14.8. The number of hydrazine groups is 1. The molecule has 2 aliphatic carbocycles. The number of aromatic nitrogens is 1. The van der Waals surface area contributed by atoms with Crippen LogP contribution in [-0.4, -0.2) is 38.7 Å². The van der Waals surface area contributed by atoms with Crippen molar-refractivity contribution in [2.24, 2.45) is 23.7 Å². The highest BCUT2D eigenvalue weighted by molar-refractivity contribution is 6.33. The number of nitrogens with zero attached hydrogens (tertiary/aromatic N) is 2. The van der Waals surface area contributed by atoms with Gasteiger partial charge in [0.2, 0.25) is 11.8 Å². The molecule has 0 radical (unpaired) electrons. The van der Waals surface area contributed by atoms with Gasteiger partial charge in [-0.3, -0.25) is 29.9 Å². The van der Waals surface area contributed by atoms with Gasteiger partial charge in [-0.25, -0.2) is 4.98 Å². The SMILES string of the molecule is C=CCc1cccc([C@H]2C3=CC[C@@H]4C(=O)NC(=O)[C@@H]4[C@@H]3C[C@H]3C(=O)N(Nc4ncc(C(F)(F)F)cc4Cl)C(=O)[C@@]23c2ccc(Cl)cc2)c1O. The van der Waals surface area contributed by atoms with Crippen LogP contribution in [0.4, 0.5) is 19.0 Å². The van der Waals surface area contributed by atoms with Gasteiger partial charge in [-0.2, -0.15) is 18.2 Å². The number of alkyl halides is 3. The molecule has 0 bridgehead atoms. The van der Waals surface area contributed by atoms with Crippen molar-refractivity contribution >= 4 is 52.6 Å². The molecular formula is C35H27Cl2F3N4O5. The molecule has 14 heteroatoms. The van der Waals surface area contributed by atoms with Gasteiger partial charge < -0.3 is 5.11 Å². The van der Waals surface area contributed by atoms with Crippen LogP contribution >= 0.6 is 23.2 Å². The van der Waals surface area contributed by atoms with E-state index in [-0.39, 0.29) is 30.8 Å². The number of imide groups is 2. The van der Waals surface area contributed by atoms with Crippen LogP contribution in [0.15, 0.2) is 79.0 Å². The second-order valence-electron chi connectivity index (χ2n) is 12.6. The standard InChI is InChI=1S/C35H27Cl2F3N4O5/c1-2-4-16-5-3-6-22(28(16)45)27-20-11-12-21-26(31(47)42-30(21)46)23(20)14-24-32(48)44(33(49)34(24,27)17-7-9-19(36)10-8-17)43-29-25(37)13-18(15-41-29)35(38,39)40/h2-3,5-11,13,15,21,23-24,26-27,45H,1,4,12,14H2,(H,41,43)(H,42,46,47)/t21-,23+,24-,26-,27+,34+/m0/s1. The molecule has 2 saturated heterocycles. The fraction of sp³-hybridized carbons (Fsp3) is 0.286. The van der Waals surface area contributed by atoms with E-state index in [1.165, 1.54) is 0 Å². The molecular weight excluding hydrogens is 684 g/mol. The van der Waals surface area contributed by atoms with Crippen LogP contribution in [-0.2, 0) is 37.2 Å². The maximum atomic E-state index is 15.1. The summed E-state index contributed by atoms with van der Waals surface area (Å²) >= 11 is 12.5. The van der Waals surface area contributed by atoms with Crippen molar-refractivity contribution in [2.75, 3.05) is 5.43 Å². The first-order chi connectivity index (χ1) is 23.3. The van der Waals surface area contributed by atoms with E-state index in [0.717, 1.165) is 0 Å². The number of carbonyl (C=O) groups excluding carboxylic acids is 4. The monoisotopic (exact) mass is 710 g/mol. The summed E-state index contributed by atoms with van der Waals surface area (Å²) in [6.45, 7) is 3.77. The second kappa shape index (κ2) is 11.7. The molecule has 4 aliphatic rings. The highest BCUT2D eigenvalue weighted by atomic mass is 35.5. The normalized spacial score (nSPS) is 27.7. The number of aromatic hydroxyl groups is 1. The predicted molar refractivity (Wildman–Crippen MR) is 172 cm³/mol. The number of nitrogens with one attached hydrogen (secondary N) is 2. The van der Waals surface area contributed by atoms with Crippen LogP contribution in [0.3, 0.4) is 0 Å². The molecule has 2 aliphatic heterocycles. The van der Waals surface area contributed by atoms with Gasteiger partial charge in [0, 0.05) is 22.7 Å². The zero-order valence-corrected chi connectivity index (χ0v) is 26.9. The minimum atomic E-state index is -4.74. The molecule has 252 valence electrons. The number of rotatable bonds is 6. The van der Waals surface area contributed by atoms with Crippen molar-refractivity contribution in [2.45, 2.75) is 36.8 Å². The molecule has 4 amide bonds. The van der Waals surface area contributed by atoms with Crippen molar-refractivity contribution in [3.8, 4) is 5.75 Å². The lowest BCUT2D eigenvalue weighted by atomic mass is 9.49. The molecule has 1 aromatic heterocycles. The first-order valence-electron chi connectivity index (χ1n) is 15.4. The van der Waals surface area contributed by atoms with E-state index >= 15 is 4.79 Å². The van der Waals surface area contributed by atoms with Crippen LogP contribution in [0.1, 0.15) is 41.0 Å². The molecule has 0 unspecified atom stereocenters. The third-order valence-electron chi connectivity index (χ3n) is 10.2. The van der Waals surface area contributed by atoms with Crippen LogP contribution in [0.2, 0.25) is 10.0 Å². The predicted octanol–water partition coefficient (Wildman–Crippen LogP) is 6.11. The molecule has 2 aromatic carbocycles. The maximum absolute atomic E-state index is 15.1. The fourth-order valence-corrected chi connectivity index (χ4v) is 8.54. The molecule has 0 spiro atoms. The molecule has 1 saturated carbocycles. The summed E-state index contributed by atoms with van der Waals surface area (Å²) in [5.74, 6) is -7.34. The van der Waals surface area contributed by atoms with Crippen molar-refractivity contribution in [1.29, 1.82) is 0 Å². The van der Waals surface area contributed by atoms with Crippen molar-refractivity contribution in [1.82, 2.24) is 15.3 Å². The van der Waals surface area contributed by atoms with E-state index in [9.17, 15) is 32.7 Å². The lowest BCUT2D eigenvalue weighted by molar-refractivity contribution is -0.139. The van der Waals surface area contributed by atoms with Gasteiger partial charge in [0.15, 0.2) is 5.82 Å². The van der Waals surface area contributed by atoms with Gasteiger partial charge in [-0.05, 0) is 54.5 Å². The van der Waals surface area contributed by atoms with Crippen molar-refractivity contribution in [3.63, 3.8) is 0 Å². The third kappa shape index (κ3) is 4.94. The number of carbonyl (C=O) groups is 4. The summed E-state index contributed by atoms with van der Waals surface area (Å²) in [5.41, 5.74) is 1.50. The highest BCUT2D eigenvalue weighted by Gasteiger charge is 2.70. The Bertz CT molecular complexity index is 1980. The highest BCUT2D eigenvalue weighted by Crippen LogP contribution is 2.64. The minimum Gasteiger partial charge on any atom is -0.507 e. The lowest BCUT2D eigenvalue weighted by Gasteiger charge is -2.50. The Hall–Kier alpha value is -4.68. The van der Waals surface area contributed by atoms with Crippen LogP contribution in [0.25, 0.3) is 0 Å². The Morgan fingerprint density at radius 1 is 1.08 bits per heavy atom. The number of halogens is 5. The van der Waals surface area contributed by atoms with E-state index in [1.807, 2.05) is 6.08 Å². The molecule has 49 heavy (non-hydrogen) atoms. The quantitative estimate of drug-likeness (QED) is 0.208. The van der Waals surface area contributed by atoms with Crippen LogP contribution in [0.5, 0.6) is 5.75 Å². The summed E-state index contributed by atoms with van der Waals surface area (Å²) < 4.78 is 40.1. The Labute approximate surface area is 287 Å². The van der Waals surface area contributed by atoms with E-state index in [2.05, 4.69) is 22.3 Å². The number of allylic oxidation sites excluding steroid dienone is 3. The van der Waals surface area contributed by atoms with Crippen molar-refractivity contribution < 1.29 is 37.5 Å². The minimum absolute atomic E-state index is 0.0309. The number of benzene rings is 2. The summed E-state index contributed by atoms with van der Waals surface area (Å²) in [4.78, 5) is 59.6. The molecule has 6 atom stereocenters. The van der Waals surface area contributed by atoms with E-state index in [4.69, 9.17) is 23.2 Å². The zero-order valence-electron chi connectivity index (χ0n) is 25.4. The second-order valence-corrected chi connectivity index (χ2v) is 13.5. The molecule has 3 fully saturated rings. The van der Waals surface area contributed by atoms with E-state index < -0.39 is 75.4 Å². The lowest BCUT2D eigenvalue weighted by Crippen LogP contribution is -2.53. The Balaban J connectivity index is 1.46. The van der Waals surface area contributed by atoms with E-state index in [1.54, 1.807) is 48.5 Å². The van der Waals surface area contributed by atoms with Gasteiger partial charge in [-0.15, -0.1) is 6.58 Å². The van der Waals surface area contributed by atoms with Gasteiger partial charge >= 0.3 is 6.18 Å². The van der Waals surface area contributed by atoms with Crippen LogP contribution < -0.4 is 10.7 Å². The van der Waals surface area contributed by atoms with Gasteiger partial charge in [0.1, 0.15) is 5.75 Å². The average molecular weight is 712 g/mol. The Morgan fingerprint density at radius 2 is 1.82 bits per heavy atom. The number of para-hydroxylation sites is 1. The number of phenolic OH excluding ortho intramolecular Hbond substituents is 1. The number of amides is 4.